The molecule has 0 aromatic carbocycles. The summed E-state index contributed by atoms with van der Waals surface area (Å²) < 4.78 is 0. The minimum absolute atomic E-state index is 0.305. The molecule has 0 fully saturated rings. The lowest BCUT2D eigenvalue weighted by Gasteiger charge is -2.17. The number of hydrogen-bond donors (Lipinski definition) is 0. The van der Waals surface area contributed by atoms with Crippen molar-refractivity contribution in [2.75, 3.05) is 0 Å². The van der Waals surface area contributed by atoms with Gasteiger partial charge < -0.3 is 0 Å². The molecule has 0 aromatic rings. The third-order valence-electron chi connectivity index (χ3n) is 1.74. The highest BCUT2D eigenvalue weighted by Gasteiger charge is 2.09. The van der Waals surface area contributed by atoms with Gasteiger partial charge in [0, 0.05) is 0 Å². The Hall–Kier alpha value is -0.520. The zero-order chi connectivity index (χ0) is 8.04. The predicted molar refractivity (Wildman–Crippen MR) is 48.0 cm³/mol. The smallest absolute Gasteiger partial charge is 0.0175 e. The van der Waals surface area contributed by atoms with Gasteiger partial charge in [-0.3, -0.25) is 0 Å². The third kappa shape index (κ3) is 4.37. The summed E-state index contributed by atoms with van der Waals surface area (Å²) in [5, 5.41) is 0. The van der Waals surface area contributed by atoms with Gasteiger partial charge >= 0.3 is 0 Å². The molecule has 0 radical (unpaired) electrons. The van der Waals surface area contributed by atoms with Gasteiger partial charge in [0.2, 0.25) is 0 Å². The molecular formula is C10H18. The minimum Gasteiger partial charge on any atom is -0.103 e. The van der Waals surface area contributed by atoms with E-state index in [-0.39, 0.29) is 0 Å². The fourth-order valence-corrected chi connectivity index (χ4v) is 0.724. The first-order chi connectivity index (χ1) is 4.62. The van der Waals surface area contributed by atoms with E-state index in [1.165, 1.54) is 6.42 Å². The van der Waals surface area contributed by atoms with Gasteiger partial charge in [-0.2, -0.15) is 0 Å². The molecule has 58 valence electrons. The molecule has 0 saturated carbocycles. The molecule has 0 heterocycles. The Labute approximate surface area is 64.6 Å². The summed E-state index contributed by atoms with van der Waals surface area (Å²) in [4.78, 5) is 0. The molecule has 0 aliphatic heterocycles. The van der Waals surface area contributed by atoms with E-state index < -0.39 is 0 Å². The van der Waals surface area contributed by atoms with Crippen LogP contribution in [0.4, 0.5) is 0 Å². The molecule has 0 unspecified atom stereocenters. The van der Waals surface area contributed by atoms with Gasteiger partial charge in [-0.1, -0.05) is 32.1 Å². The van der Waals surface area contributed by atoms with Crippen molar-refractivity contribution in [2.45, 2.75) is 33.6 Å². The van der Waals surface area contributed by atoms with Crippen molar-refractivity contribution in [1.29, 1.82) is 0 Å². The van der Waals surface area contributed by atoms with Gasteiger partial charge in [0.05, 0.1) is 0 Å². The first kappa shape index (κ1) is 9.48. The monoisotopic (exact) mass is 138 g/mol. The predicted octanol–water partition coefficient (Wildman–Crippen LogP) is 3.55. The van der Waals surface area contributed by atoms with Crippen molar-refractivity contribution in [3.63, 3.8) is 0 Å². The summed E-state index contributed by atoms with van der Waals surface area (Å²) in [5.41, 5.74) is 0.305. The van der Waals surface area contributed by atoms with Crippen LogP contribution in [0.1, 0.15) is 33.6 Å². The zero-order valence-corrected chi connectivity index (χ0v) is 7.35. The van der Waals surface area contributed by atoms with Crippen LogP contribution >= 0.6 is 0 Å². The highest BCUT2D eigenvalue weighted by molar-refractivity contribution is 4.90. The molecule has 0 aliphatic carbocycles. The lowest BCUT2D eigenvalue weighted by Crippen LogP contribution is -2.05. The summed E-state index contributed by atoms with van der Waals surface area (Å²) in [7, 11) is 0. The third-order valence-corrected chi connectivity index (χ3v) is 1.74. The van der Waals surface area contributed by atoms with Crippen molar-refractivity contribution >= 4 is 0 Å². The minimum atomic E-state index is 0.305. The van der Waals surface area contributed by atoms with Crippen LogP contribution in [0.15, 0.2) is 24.8 Å². The summed E-state index contributed by atoms with van der Waals surface area (Å²) in [6.45, 7) is 10.3. The molecule has 0 rings (SSSR count). The van der Waals surface area contributed by atoms with E-state index in [2.05, 4.69) is 39.5 Å². The van der Waals surface area contributed by atoms with Crippen LogP contribution in [0.25, 0.3) is 0 Å². The van der Waals surface area contributed by atoms with Gasteiger partial charge in [-0.05, 0) is 25.2 Å². The molecule has 0 amide bonds. The van der Waals surface area contributed by atoms with E-state index in [9.17, 15) is 0 Å². The molecule has 0 bridgehead atoms. The normalized spacial score (nSPS) is 12.3. The topological polar surface area (TPSA) is 0 Å². The van der Waals surface area contributed by atoms with Crippen LogP contribution in [0.5, 0.6) is 0 Å². The number of hydrogen-bond acceptors (Lipinski definition) is 0. The van der Waals surface area contributed by atoms with Crippen LogP contribution in [0, 0.1) is 5.41 Å². The summed E-state index contributed by atoms with van der Waals surface area (Å²) in [6.07, 6.45) is 8.68. The van der Waals surface area contributed by atoms with E-state index >= 15 is 0 Å². The molecule has 0 N–H and O–H groups in total. The van der Waals surface area contributed by atoms with Crippen LogP contribution < -0.4 is 0 Å². The lowest BCUT2D eigenvalue weighted by molar-refractivity contribution is 0.443. The standard InChI is InChI=1S/C10H18/c1-5-7-8-9-10(3,4)6-2/h5-7H,2,8-9H2,1,3-4H3/b7-5+. The van der Waals surface area contributed by atoms with E-state index in [4.69, 9.17) is 0 Å². The molecule has 0 aliphatic rings. The van der Waals surface area contributed by atoms with Crippen molar-refractivity contribution in [2.24, 2.45) is 5.41 Å². The maximum absolute atomic E-state index is 3.79. The van der Waals surface area contributed by atoms with Crippen molar-refractivity contribution in [3.05, 3.63) is 24.8 Å². The molecule has 0 nitrogen and oxygen atoms in total. The Morgan fingerprint density at radius 3 is 2.40 bits per heavy atom. The van der Waals surface area contributed by atoms with Crippen LogP contribution in [-0.2, 0) is 0 Å². The maximum Gasteiger partial charge on any atom is -0.0175 e. The van der Waals surface area contributed by atoms with E-state index in [1.54, 1.807) is 0 Å². The highest BCUT2D eigenvalue weighted by Crippen LogP contribution is 2.22. The van der Waals surface area contributed by atoms with Gasteiger partial charge in [0.15, 0.2) is 0 Å². The van der Waals surface area contributed by atoms with Gasteiger partial charge in [0.1, 0.15) is 0 Å². The maximum atomic E-state index is 3.79. The second-order valence-corrected chi connectivity index (χ2v) is 3.30. The Morgan fingerprint density at radius 2 is 2.00 bits per heavy atom. The zero-order valence-electron chi connectivity index (χ0n) is 7.35. The molecular weight excluding hydrogens is 120 g/mol. The van der Waals surface area contributed by atoms with E-state index in [0.29, 0.717) is 5.41 Å². The molecule has 10 heavy (non-hydrogen) atoms. The van der Waals surface area contributed by atoms with Gasteiger partial charge in [-0.15, -0.1) is 6.58 Å². The van der Waals surface area contributed by atoms with Crippen molar-refractivity contribution in [1.82, 2.24) is 0 Å². The second-order valence-electron chi connectivity index (χ2n) is 3.30. The van der Waals surface area contributed by atoms with Crippen LogP contribution in [-0.4, -0.2) is 0 Å². The highest BCUT2D eigenvalue weighted by atomic mass is 14.1. The summed E-state index contributed by atoms with van der Waals surface area (Å²) in [6, 6.07) is 0. The fraction of sp³-hybridized carbons (Fsp3) is 0.600. The lowest BCUT2D eigenvalue weighted by atomic mass is 9.88. The number of rotatable bonds is 4. The molecule has 0 saturated heterocycles. The Bertz CT molecular complexity index is 118. The van der Waals surface area contributed by atoms with Crippen molar-refractivity contribution in [3.8, 4) is 0 Å². The molecule has 0 atom stereocenters. The average molecular weight is 138 g/mol. The summed E-state index contributed by atoms with van der Waals surface area (Å²) in [5.74, 6) is 0. The molecule has 0 heteroatoms. The summed E-state index contributed by atoms with van der Waals surface area (Å²) >= 11 is 0. The van der Waals surface area contributed by atoms with Gasteiger partial charge in [-0.25, -0.2) is 0 Å². The largest absolute Gasteiger partial charge is 0.103 e. The van der Waals surface area contributed by atoms with E-state index in [0.717, 1.165) is 6.42 Å². The van der Waals surface area contributed by atoms with E-state index in [1.807, 2.05) is 6.08 Å². The number of allylic oxidation sites excluding steroid dienone is 3. The quantitative estimate of drug-likeness (QED) is 0.521. The van der Waals surface area contributed by atoms with Crippen molar-refractivity contribution < 1.29 is 0 Å². The Kier molecular flexibility index (Phi) is 4.10. The van der Waals surface area contributed by atoms with Gasteiger partial charge in [0.25, 0.3) is 0 Å². The SMILES string of the molecule is C=CC(C)(C)CC/C=C/C. The molecule has 0 spiro atoms. The first-order valence-corrected chi connectivity index (χ1v) is 3.87. The average Bonchev–Trinajstić information content (AvgIpc) is 1.89. The Morgan fingerprint density at radius 1 is 1.40 bits per heavy atom. The Balaban J connectivity index is 3.56. The first-order valence-electron chi connectivity index (χ1n) is 3.87. The van der Waals surface area contributed by atoms with Crippen LogP contribution in [0.2, 0.25) is 0 Å². The second kappa shape index (κ2) is 4.32. The van der Waals surface area contributed by atoms with Crippen LogP contribution in [0.3, 0.4) is 0 Å². The fourth-order valence-electron chi connectivity index (χ4n) is 0.724. The molecule has 0 aromatic heterocycles.